The van der Waals surface area contributed by atoms with Gasteiger partial charge in [0.25, 0.3) is 6.45 Å². The Labute approximate surface area is 172 Å². The van der Waals surface area contributed by atoms with Gasteiger partial charge < -0.3 is 64.5 Å². The summed E-state index contributed by atoms with van der Waals surface area (Å²) in [5.41, 5.74) is 0. The van der Waals surface area contributed by atoms with E-state index in [2.05, 4.69) is 4.74 Å². The van der Waals surface area contributed by atoms with Crippen molar-refractivity contribution in [3.8, 4) is 0 Å². The van der Waals surface area contributed by atoms with E-state index < -0.39 is 100 Å². The van der Waals surface area contributed by atoms with Gasteiger partial charge in [-0.05, 0) is 0 Å². The van der Waals surface area contributed by atoms with E-state index in [9.17, 15) is 45.6 Å². The minimum atomic E-state index is -1.71. The lowest BCUT2D eigenvalue weighted by Gasteiger charge is -2.40. The standard InChI is InChI=1S/C16H28O14/c17-1-7-9(20)11(22)13(24)15(29-7)26-3-6(28-5-19)4-27-16-14(25)12(23)10(21)8(2-18)30-16/h5-18,20-25H,1-4H2/i5D. The summed E-state index contributed by atoms with van der Waals surface area (Å²) in [6.07, 6.45) is -18.3. The highest BCUT2D eigenvalue weighted by Gasteiger charge is 2.45. The molecule has 176 valence electrons. The van der Waals surface area contributed by atoms with Crippen molar-refractivity contribution >= 4 is 6.45 Å². The fourth-order valence-electron chi connectivity index (χ4n) is 3.00. The zero-order valence-electron chi connectivity index (χ0n) is 16.7. The molecular formula is C16H28O14. The third-order valence-corrected chi connectivity index (χ3v) is 4.80. The molecule has 0 aromatic heterocycles. The number of aliphatic hydroxyl groups excluding tert-OH is 8. The number of aliphatic hydroxyl groups is 8. The van der Waals surface area contributed by atoms with Crippen molar-refractivity contribution in [2.75, 3.05) is 26.4 Å². The Morgan fingerprint density at radius 2 is 1.17 bits per heavy atom. The van der Waals surface area contributed by atoms with Crippen LogP contribution in [0.3, 0.4) is 0 Å². The molecule has 0 radical (unpaired) electrons. The molecule has 30 heavy (non-hydrogen) atoms. The van der Waals surface area contributed by atoms with Crippen molar-refractivity contribution in [1.82, 2.24) is 0 Å². The molecule has 14 nitrogen and oxygen atoms in total. The number of carbonyl (C=O) groups excluding carboxylic acids is 1. The molecule has 2 fully saturated rings. The van der Waals surface area contributed by atoms with Crippen LogP contribution in [0.15, 0.2) is 0 Å². The average molecular weight is 445 g/mol. The maximum absolute atomic E-state index is 11.0. The lowest BCUT2D eigenvalue weighted by atomic mass is 9.99. The van der Waals surface area contributed by atoms with E-state index in [1.165, 1.54) is 0 Å². The van der Waals surface area contributed by atoms with E-state index in [1.807, 2.05) is 0 Å². The van der Waals surface area contributed by atoms with Gasteiger partial charge in [-0.25, -0.2) is 0 Å². The van der Waals surface area contributed by atoms with Gasteiger partial charge in [0.1, 0.15) is 54.9 Å². The summed E-state index contributed by atoms with van der Waals surface area (Å²) in [6, 6.07) is 0. The van der Waals surface area contributed by atoms with Gasteiger partial charge in [0.2, 0.25) is 0 Å². The molecule has 8 N–H and O–H groups in total. The van der Waals surface area contributed by atoms with Gasteiger partial charge in [-0.2, -0.15) is 0 Å². The second kappa shape index (κ2) is 11.6. The van der Waals surface area contributed by atoms with Crippen LogP contribution in [0.25, 0.3) is 0 Å². The molecule has 2 rings (SSSR count). The van der Waals surface area contributed by atoms with Crippen LogP contribution in [0.5, 0.6) is 0 Å². The highest BCUT2D eigenvalue weighted by atomic mass is 16.7. The third-order valence-electron chi connectivity index (χ3n) is 4.80. The Balaban J connectivity index is 1.95. The monoisotopic (exact) mass is 445 g/mol. The molecule has 0 aliphatic carbocycles. The predicted molar refractivity (Wildman–Crippen MR) is 90.4 cm³/mol. The first-order chi connectivity index (χ1) is 14.6. The van der Waals surface area contributed by atoms with E-state index in [4.69, 9.17) is 20.3 Å². The van der Waals surface area contributed by atoms with Crippen LogP contribution in [0.1, 0.15) is 1.37 Å². The lowest BCUT2D eigenvalue weighted by molar-refractivity contribution is -0.314. The lowest BCUT2D eigenvalue weighted by Crippen LogP contribution is -2.60. The van der Waals surface area contributed by atoms with E-state index in [1.54, 1.807) is 0 Å². The zero-order valence-corrected chi connectivity index (χ0v) is 15.7. The summed E-state index contributed by atoms with van der Waals surface area (Å²) < 4.78 is 32.3. The van der Waals surface area contributed by atoms with E-state index in [-0.39, 0.29) is 0 Å². The normalized spacial score (nSPS) is 43.7. The van der Waals surface area contributed by atoms with Crippen LogP contribution in [0.4, 0.5) is 0 Å². The highest BCUT2D eigenvalue weighted by Crippen LogP contribution is 2.24. The summed E-state index contributed by atoms with van der Waals surface area (Å²) in [7, 11) is 0. The predicted octanol–water partition coefficient (Wildman–Crippen LogP) is -5.84. The van der Waals surface area contributed by atoms with Crippen LogP contribution in [-0.2, 0) is 28.5 Å². The minimum absolute atomic E-state index is 0.551. The number of hydrogen-bond acceptors (Lipinski definition) is 14. The third kappa shape index (κ3) is 5.82. The number of hydrogen-bond donors (Lipinski definition) is 8. The van der Waals surface area contributed by atoms with Crippen molar-refractivity contribution in [2.24, 2.45) is 0 Å². The van der Waals surface area contributed by atoms with Crippen molar-refractivity contribution in [2.45, 2.75) is 67.5 Å². The molecule has 0 saturated carbocycles. The van der Waals surface area contributed by atoms with Gasteiger partial charge in [0.15, 0.2) is 14.0 Å². The molecule has 2 heterocycles. The first-order valence-electron chi connectivity index (χ1n) is 9.62. The second-order valence-corrected chi connectivity index (χ2v) is 6.88. The number of rotatable bonds is 9. The Morgan fingerprint density at radius 1 is 0.767 bits per heavy atom. The van der Waals surface area contributed by atoms with Crippen molar-refractivity contribution in [3.05, 3.63) is 0 Å². The summed E-state index contributed by atoms with van der Waals surface area (Å²) >= 11 is 0. The second-order valence-electron chi connectivity index (χ2n) is 6.88. The smallest absolute Gasteiger partial charge is 0.293 e. The summed E-state index contributed by atoms with van der Waals surface area (Å²) in [5, 5.41) is 77.3. The van der Waals surface area contributed by atoms with Gasteiger partial charge in [0.05, 0.1) is 26.4 Å². The maximum Gasteiger partial charge on any atom is 0.293 e. The summed E-state index contributed by atoms with van der Waals surface area (Å²) in [4.78, 5) is 11.0. The van der Waals surface area contributed by atoms with Gasteiger partial charge in [-0.1, -0.05) is 0 Å². The van der Waals surface area contributed by atoms with Crippen LogP contribution in [0, 0.1) is 0 Å². The Kier molecular flexibility index (Phi) is 9.12. The number of ether oxygens (including phenoxy) is 5. The van der Waals surface area contributed by atoms with Gasteiger partial charge in [0, 0.05) is 0 Å². The van der Waals surface area contributed by atoms with Crippen LogP contribution < -0.4 is 0 Å². The van der Waals surface area contributed by atoms with E-state index >= 15 is 0 Å². The first-order valence-corrected chi connectivity index (χ1v) is 9.12. The highest BCUT2D eigenvalue weighted by molar-refractivity contribution is 5.37. The minimum Gasteiger partial charge on any atom is -0.460 e. The summed E-state index contributed by atoms with van der Waals surface area (Å²) in [5.74, 6) is 0. The largest absolute Gasteiger partial charge is 0.460 e. The Hall–Kier alpha value is -1.01. The quantitative estimate of drug-likeness (QED) is 0.155. The molecular weight excluding hydrogens is 416 g/mol. The molecule has 0 aromatic rings. The Morgan fingerprint density at radius 3 is 1.50 bits per heavy atom. The first kappa shape index (κ1) is 23.6. The fourth-order valence-corrected chi connectivity index (χ4v) is 3.00. The molecule has 0 aromatic carbocycles. The molecule has 10 unspecified atom stereocenters. The van der Waals surface area contributed by atoms with Crippen LogP contribution >= 0.6 is 0 Å². The van der Waals surface area contributed by atoms with Gasteiger partial charge in [-0.3, -0.25) is 4.79 Å². The molecule has 2 saturated heterocycles. The van der Waals surface area contributed by atoms with Crippen LogP contribution in [0.2, 0.25) is 0 Å². The molecule has 2 aliphatic rings. The van der Waals surface area contributed by atoms with Crippen molar-refractivity contribution < 1.29 is 70.7 Å². The summed E-state index contributed by atoms with van der Waals surface area (Å²) in [6.45, 7) is -2.47. The van der Waals surface area contributed by atoms with Gasteiger partial charge in [-0.15, -0.1) is 0 Å². The maximum atomic E-state index is 11.0. The molecule has 0 bridgehead atoms. The van der Waals surface area contributed by atoms with Crippen LogP contribution in [-0.4, -0.2) is 141 Å². The Bertz CT molecular complexity index is 524. The molecule has 14 heteroatoms. The number of carbonyl (C=O) groups is 1. The molecule has 0 amide bonds. The zero-order chi connectivity index (χ0) is 23.3. The average Bonchev–Trinajstić information content (AvgIpc) is 2.74. The molecule has 0 spiro atoms. The SMILES string of the molecule is [2H]C(=O)OC(COC1OC(CO)C(O)C(O)C1O)COC1OC(CO)C(O)C(O)C1O. The molecule has 10 atom stereocenters. The van der Waals surface area contributed by atoms with Gasteiger partial charge >= 0.3 is 0 Å². The van der Waals surface area contributed by atoms with E-state index in [0.29, 0.717) is 0 Å². The van der Waals surface area contributed by atoms with Crippen molar-refractivity contribution in [3.63, 3.8) is 0 Å². The topological polar surface area (TPSA) is 225 Å². The van der Waals surface area contributed by atoms with E-state index in [0.717, 1.165) is 0 Å². The fraction of sp³-hybridized carbons (Fsp3) is 0.938. The molecule has 2 aliphatic heterocycles. The van der Waals surface area contributed by atoms with Crippen molar-refractivity contribution in [1.29, 1.82) is 0 Å².